The molecule has 0 spiro atoms. The molecule has 1 rings (SSSR count). The van der Waals surface area contributed by atoms with Crippen molar-refractivity contribution in [3.63, 3.8) is 0 Å². The van der Waals surface area contributed by atoms with Crippen LogP contribution in [0.15, 0.2) is 29.2 Å². The first-order valence-electron chi connectivity index (χ1n) is 5.46. The van der Waals surface area contributed by atoms with E-state index < -0.39 is 21.8 Å². The lowest BCUT2D eigenvalue weighted by Crippen LogP contribution is -2.38. The van der Waals surface area contributed by atoms with Crippen LogP contribution in [0.4, 0.5) is 0 Å². The molecule has 0 heterocycles. The molecule has 0 aliphatic heterocycles. The van der Waals surface area contributed by atoms with Gasteiger partial charge in [-0.25, -0.2) is 13.6 Å². The minimum atomic E-state index is -3.69. The smallest absolute Gasteiger partial charge is 0.309 e. The van der Waals surface area contributed by atoms with Gasteiger partial charge in [0.25, 0.3) is 0 Å². The predicted molar refractivity (Wildman–Crippen MR) is 68.6 cm³/mol. The largest absolute Gasteiger partial charge is 0.351 e. The van der Waals surface area contributed by atoms with Crippen molar-refractivity contribution >= 4 is 21.8 Å². The standard InChI is InChI=1S/C11H15N3O4S/c1-13-10(15)11(16)14-7-6-8-2-4-9(5-3-8)19(12,17)18/h2-5H,6-7H2,1H3,(H,13,15)(H,14,16)(H2,12,17,18). The SMILES string of the molecule is CNC(=O)C(=O)NCCc1ccc(S(N)(=O)=O)cc1. The van der Waals surface area contributed by atoms with E-state index in [1.807, 2.05) is 0 Å². The summed E-state index contributed by atoms with van der Waals surface area (Å²) < 4.78 is 22.1. The van der Waals surface area contributed by atoms with Crippen LogP contribution < -0.4 is 15.8 Å². The third-order valence-electron chi connectivity index (χ3n) is 2.38. The summed E-state index contributed by atoms with van der Waals surface area (Å²) in [5.74, 6) is -1.41. The van der Waals surface area contributed by atoms with Gasteiger partial charge in [0.05, 0.1) is 4.90 Å². The fourth-order valence-corrected chi connectivity index (χ4v) is 1.88. The average Bonchev–Trinajstić information content (AvgIpc) is 2.37. The first kappa shape index (κ1) is 15.1. The van der Waals surface area contributed by atoms with Gasteiger partial charge in [-0.1, -0.05) is 12.1 Å². The summed E-state index contributed by atoms with van der Waals surface area (Å²) in [6.07, 6.45) is 0.480. The highest BCUT2D eigenvalue weighted by molar-refractivity contribution is 7.89. The number of hydrogen-bond donors (Lipinski definition) is 3. The van der Waals surface area contributed by atoms with Gasteiger partial charge in [0, 0.05) is 13.6 Å². The zero-order valence-electron chi connectivity index (χ0n) is 10.3. The molecule has 0 fully saturated rings. The molecule has 0 saturated heterocycles. The predicted octanol–water partition coefficient (Wildman–Crippen LogP) is -1.26. The summed E-state index contributed by atoms with van der Waals surface area (Å²) >= 11 is 0. The highest BCUT2D eigenvalue weighted by Crippen LogP contribution is 2.08. The fraction of sp³-hybridized carbons (Fsp3) is 0.273. The number of rotatable bonds is 4. The van der Waals surface area contributed by atoms with Crippen LogP contribution >= 0.6 is 0 Å². The Balaban J connectivity index is 2.51. The normalized spacial score (nSPS) is 10.8. The van der Waals surface area contributed by atoms with Crippen molar-refractivity contribution in [3.8, 4) is 0 Å². The minimum Gasteiger partial charge on any atom is -0.351 e. The first-order valence-corrected chi connectivity index (χ1v) is 7.01. The first-order chi connectivity index (χ1) is 8.84. The van der Waals surface area contributed by atoms with E-state index >= 15 is 0 Å². The van der Waals surface area contributed by atoms with Crippen LogP contribution in [0, 0.1) is 0 Å². The van der Waals surface area contributed by atoms with E-state index in [0.717, 1.165) is 5.56 Å². The van der Waals surface area contributed by atoms with Crippen molar-refractivity contribution in [2.75, 3.05) is 13.6 Å². The van der Waals surface area contributed by atoms with Crippen molar-refractivity contribution in [2.24, 2.45) is 5.14 Å². The fourth-order valence-electron chi connectivity index (χ4n) is 1.36. The number of carbonyl (C=O) groups excluding carboxylic acids is 2. The Morgan fingerprint density at radius 3 is 2.21 bits per heavy atom. The maximum absolute atomic E-state index is 11.1. The molecule has 7 nitrogen and oxygen atoms in total. The lowest BCUT2D eigenvalue weighted by molar-refractivity contribution is -0.138. The molecule has 2 amide bonds. The molecule has 0 saturated carbocycles. The zero-order valence-corrected chi connectivity index (χ0v) is 11.2. The lowest BCUT2D eigenvalue weighted by Gasteiger charge is -2.05. The molecule has 8 heteroatoms. The molecule has 1 aromatic carbocycles. The molecule has 0 aromatic heterocycles. The van der Waals surface area contributed by atoms with Crippen molar-refractivity contribution in [1.29, 1.82) is 0 Å². The van der Waals surface area contributed by atoms with Gasteiger partial charge in [0.1, 0.15) is 0 Å². The summed E-state index contributed by atoms with van der Waals surface area (Å²) in [4.78, 5) is 22.1. The Morgan fingerprint density at radius 2 is 1.74 bits per heavy atom. The Hall–Kier alpha value is -1.93. The molecule has 0 bridgehead atoms. The van der Waals surface area contributed by atoms with Crippen LogP contribution in [-0.4, -0.2) is 33.8 Å². The quantitative estimate of drug-likeness (QED) is 0.598. The van der Waals surface area contributed by atoms with Gasteiger partial charge in [0.15, 0.2) is 0 Å². The Labute approximate surface area is 111 Å². The number of nitrogens with one attached hydrogen (secondary N) is 2. The highest BCUT2D eigenvalue weighted by Gasteiger charge is 2.10. The number of nitrogens with two attached hydrogens (primary N) is 1. The molecule has 0 aliphatic rings. The molecule has 0 radical (unpaired) electrons. The summed E-state index contributed by atoms with van der Waals surface area (Å²) in [5, 5.41) is 9.60. The van der Waals surface area contributed by atoms with E-state index in [0.29, 0.717) is 6.42 Å². The number of sulfonamides is 1. The summed E-state index contributed by atoms with van der Waals surface area (Å²) in [5.41, 5.74) is 0.824. The summed E-state index contributed by atoms with van der Waals surface area (Å²) in [6.45, 7) is 0.279. The number of hydrogen-bond acceptors (Lipinski definition) is 4. The second-order valence-corrected chi connectivity index (χ2v) is 5.34. The van der Waals surface area contributed by atoms with Crippen molar-refractivity contribution < 1.29 is 18.0 Å². The van der Waals surface area contributed by atoms with Crippen LogP contribution in [0.25, 0.3) is 0 Å². The molecule has 0 atom stereocenters. The molecular weight excluding hydrogens is 270 g/mol. The van der Waals surface area contributed by atoms with Crippen LogP contribution in [0.1, 0.15) is 5.56 Å². The number of primary sulfonamides is 1. The number of amides is 2. The van der Waals surface area contributed by atoms with Gasteiger partial charge in [-0.2, -0.15) is 0 Å². The topological polar surface area (TPSA) is 118 Å². The summed E-state index contributed by atoms with van der Waals surface area (Å²) in [6, 6.07) is 5.99. The van der Waals surface area contributed by atoms with Crippen molar-refractivity contribution in [1.82, 2.24) is 10.6 Å². The van der Waals surface area contributed by atoms with E-state index in [1.54, 1.807) is 12.1 Å². The van der Waals surface area contributed by atoms with Gasteiger partial charge < -0.3 is 10.6 Å². The Kier molecular flexibility index (Phi) is 5.02. The van der Waals surface area contributed by atoms with Crippen LogP contribution in [0.2, 0.25) is 0 Å². The second kappa shape index (κ2) is 6.30. The van der Waals surface area contributed by atoms with Crippen LogP contribution in [0.3, 0.4) is 0 Å². The van der Waals surface area contributed by atoms with Crippen molar-refractivity contribution in [3.05, 3.63) is 29.8 Å². The Bertz CT molecular complexity index is 566. The van der Waals surface area contributed by atoms with Gasteiger partial charge >= 0.3 is 11.8 Å². The van der Waals surface area contributed by atoms with Crippen LogP contribution in [0.5, 0.6) is 0 Å². The lowest BCUT2D eigenvalue weighted by atomic mass is 10.1. The summed E-state index contributed by atoms with van der Waals surface area (Å²) in [7, 11) is -2.32. The third-order valence-corrected chi connectivity index (χ3v) is 3.31. The average molecular weight is 285 g/mol. The zero-order chi connectivity index (χ0) is 14.5. The molecule has 104 valence electrons. The third kappa shape index (κ3) is 4.68. The maximum Gasteiger partial charge on any atom is 0.309 e. The van der Waals surface area contributed by atoms with Gasteiger partial charge in [-0.15, -0.1) is 0 Å². The maximum atomic E-state index is 11.1. The molecule has 4 N–H and O–H groups in total. The molecule has 1 aromatic rings. The second-order valence-electron chi connectivity index (χ2n) is 3.77. The van der Waals surface area contributed by atoms with E-state index in [-0.39, 0.29) is 11.4 Å². The molecular formula is C11H15N3O4S. The monoisotopic (exact) mass is 285 g/mol. The molecule has 0 aliphatic carbocycles. The van der Waals surface area contributed by atoms with E-state index in [2.05, 4.69) is 10.6 Å². The van der Waals surface area contributed by atoms with Crippen LogP contribution in [-0.2, 0) is 26.0 Å². The number of likely N-dealkylation sites (N-methyl/N-ethyl adjacent to an activating group) is 1. The van der Waals surface area contributed by atoms with Gasteiger partial charge in [-0.05, 0) is 24.1 Å². The number of carbonyl (C=O) groups is 2. The molecule has 0 unspecified atom stereocenters. The van der Waals surface area contributed by atoms with E-state index in [9.17, 15) is 18.0 Å². The van der Waals surface area contributed by atoms with Gasteiger partial charge in [-0.3, -0.25) is 9.59 Å². The van der Waals surface area contributed by atoms with Crippen molar-refractivity contribution in [2.45, 2.75) is 11.3 Å². The van der Waals surface area contributed by atoms with E-state index in [4.69, 9.17) is 5.14 Å². The van der Waals surface area contributed by atoms with E-state index in [1.165, 1.54) is 19.2 Å². The number of benzene rings is 1. The molecule has 19 heavy (non-hydrogen) atoms. The highest BCUT2D eigenvalue weighted by atomic mass is 32.2. The minimum absolute atomic E-state index is 0.0330. The Morgan fingerprint density at radius 1 is 1.16 bits per heavy atom. The van der Waals surface area contributed by atoms with Gasteiger partial charge in [0.2, 0.25) is 10.0 Å².